The minimum Gasteiger partial charge on any atom is -0.493 e. The summed E-state index contributed by atoms with van der Waals surface area (Å²) in [6.07, 6.45) is 6.34. The van der Waals surface area contributed by atoms with Crippen molar-refractivity contribution in [3.63, 3.8) is 0 Å². The zero-order valence-corrected chi connectivity index (χ0v) is 15.9. The van der Waals surface area contributed by atoms with E-state index in [1.54, 1.807) is 0 Å². The summed E-state index contributed by atoms with van der Waals surface area (Å²) < 4.78 is 10.6. The number of benzene rings is 1. The zero-order chi connectivity index (χ0) is 18.2. The second-order valence-electron chi connectivity index (χ2n) is 6.99. The Balaban J connectivity index is 1.96. The lowest BCUT2D eigenvalue weighted by atomic mass is 10.2. The molecule has 1 aromatic heterocycles. The molecule has 0 aliphatic rings. The fourth-order valence-electron chi connectivity index (χ4n) is 2.97. The second kappa shape index (κ2) is 9.33. The van der Waals surface area contributed by atoms with Crippen LogP contribution in [0.25, 0.3) is 21.5 Å². The van der Waals surface area contributed by atoms with Crippen LogP contribution in [0.3, 0.4) is 0 Å². The Morgan fingerprint density at radius 2 is 1.92 bits per heavy atom. The lowest BCUT2D eigenvalue weighted by molar-refractivity contribution is -0.692. The van der Waals surface area contributed by atoms with Crippen LogP contribution < -0.4 is 9.30 Å². The Hall–Kier alpha value is -2.20. The molecule has 0 saturated heterocycles. The van der Waals surface area contributed by atoms with Crippen molar-refractivity contribution < 1.29 is 9.30 Å². The van der Waals surface area contributed by atoms with Crippen LogP contribution >= 0.6 is 0 Å². The maximum absolute atomic E-state index is 8.23. The van der Waals surface area contributed by atoms with Crippen molar-refractivity contribution in [2.24, 2.45) is 5.11 Å². The largest absolute Gasteiger partial charge is 0.493 e. The monoisotopic (exact) mass is 344 g/mol. The van der Waals surface area contributed by atoms with Gasteiger partial charge in [0.1, 0.15) is 5.75 Å². The van der Waals surface area contributed by atoms with Gasteiger partial charge in [0.25, 0.3) is 0 Å². The molecule has 2 aromatic rings. The molecular formula is C19H30N5O+. The van der Waals surface area contributed by atoms with E-state index in [0.29, 0.717) is 18.6 Å². The lowest BCUT2D eigenvalue weighted by Crippen LogP contribution is -2.34. The quantitative estimate of drug-likeness (QED) is 0.188. The van der Waals surface area contributed by atoms with Crippen LogP contribution in [0, 0.1) is 0 Å². The van der Waals surface area contributed by atoms with Crippen molar-refractivity contribution in [1.29, 1.82) is 0 Å². The maximum atomic E-state index is 8.23. The first-order valence-electron chi connectivity index (χ1n) is 9.24. The third-order valence-corrected chi connectivity index (χ3v) is 4.35. The van der Waals surface area contributed by atoms with Gasteiger partial charge in [0.2, 0.25) is 6.33 Å². The SMILES string of the molecule is CC(C)n1c[n+](C(C)C)c2ccc(OCCCCCCN=[N+]=[N-])cc21. The number of hydrogen-bond donors (Lipinski definition) is 0. The number of nitrogens with zero attached hydrogens (tertiary/aromatic N) is 5. The molecule has 1 heterocycles. The van der Waals surface area contributed by atoms with E-state index in [9.17, 15) is 0 Å². The summed E-state index contributed by atoms with van der Waals surface area (Å²) in [5.74, 6) is 0.928. The van der Waals surface area contributed by atoms with Crippen LogP contribution in [0.2, 0.25) is 0 Å². The van der Waals surface area contributed by atoms with Crippen molar-refractivity contribution >= 4 is 11.0 Å². The number of imidazole rings is 1. The van der Waals surface area contributed by atoms with Gasteiger partial charge in [-0.05, 0) is 58.2 Å². The fraction of sp³-hybridized carbons (Fsp3) is 0.632. The molecule has 0 amide bonds. The summed E-state index contributed by atoms with van der Waals surface area (Å²) in [4.78, 5) is 2.76. The Morgan fingerprint density at radius 1 is 1.16 bits per heavy atom. The number of hydrogen-bond acceptors (Lipinski definition) is 2. The van der Waals surface area contributed by atoms with Crippen molar-refractivity contribution in [2.45, 2.75) is 65.5 Å². The van der Waals surface area contributed by atoms with Gasteiger partial charge < -0.3 is 4.74 Å². The maximum Gasteiger partial charge on any atom is 0.245 e. The Kier molecular flexibility index (Phi) is 7.14. The van der Waals surface area contributed by atoms with E-state index in [4.69, 9.17) is 10.3 Å². The van der Waals surface area contributed by atoms with Gasteiger partial charge in [0.05, 0.1) is 18.7 Å². The second-order valence-corrected chi connectivity index (χ2v) is 6.99. The van der Waals surface area contributed by atoms with Gasteiger partial charge in [-0.15, -0.1) is 0 Å². The number of ether oxygens (including phenoxy) is 1. The van der Waals surface area contributed by atoms with E-state index in [-0.39, 0.29) is 0 Å². The molecule has 6 heteroatoms. The van der Waals surface area contributed by atoms with Crippen LogP contribution in [-0.2, 0) is 0 Å². The average molecular weight is 344 g/mol. The number of fused-ring (bicyclic) bond motifs is 1. The minimum absolute atomic E-state index is 0.411. The summed E-state index contributed by atoms with van der Waals surface area (Å²) in [5, 5.41) is 3.55. The standard InChI is InChI=1S/C19H30N5O/c1-15(2)23-14-24(16(3)4)19-13-17(9-10-18(19)23)25-12-8-6-5-7-11-21-22-20/h9-10,13-16H,5-8,11-12H2,1-4H3/q+1. The predicted octanol–water partition coefficient (Wildman–Crippen LogP) is 5.34. The molecule has 0 aliphatic carbocycles. The van der Waals surface area contributed by atoms with Gasteiger partial charge >= 0.3 is 0 Å². The Bertz CT molecular complexity index is 729. The average Bonchev–Trinajstić information content (AvgIpc) is 2.96. The highest BCUT2D eigenvalue weighted by atomic mass is 16.5. The molecule has 0 aliphatic heterocycles. The fourth-order valence-corrected chi connectivity index (χ4v) is 2.97. The molecule has 1 aromatic carbocycles. The van der Waals surface area contributed by atoms with Crippen LogP contribution in [0.15, 0.2) is 29.6 Å². The van der Waals surface area contributed by atoms with Crippen LogP contribution in [0.5, 0.6) is 5.75 Å². The zero-order valence-electron chi connectivity index (χ0n) is 15.9. The number of unbranched alkanes of at least 4 members (excludes halogenated alkanes) is 3. The summed E-state index contributed by atoms with van der Waals surface area (Å²) in [5.41, 5.74) is 10.7. The molecule has 0 radical (unpaired) electrons. The third-order valence-electron chi connectivity index (χ3n) is 4.35. The molecule has 0 N–H and O–H groups in total. The summed E-state index contributed by atoms with van der Waals surface area (Å²) in [6.45, 7) is 10.1. The van der Waals surface area contributed by atoms with E-state index in [2.05, 4.69) is 71.4 Å². The van der Waals surface area contributed by atoms with Crippen LogP contribution in [0.1, 0.15) is 65.5 Å². The van der Waals surface area contributed by atoms with Gasteiger partial charge in [0.15, 0.2) is 11.0 Å². The number of azide groups is 1. The van der Waals surface area contributed by atoms with Gasteiger partial charge in [-0.2, -0.15) is 0 Å². The minimum atomic E-state index is 0.411. The first-order valence-corrected chi connectivity index (χ1v) is 9.24. The first kappa shape index (κ1) is 19.1. The lowest BCUT2D eigenvalue weighted by Gasteiger charge is -2.07. The molecule has 6 nitrogen and oxygen atoms in total. The smallest absolute Gasteiger partial charge is 0.245 e. The Labute approximate surface area is 150 Å². The highest BCUT2D eigenvalue weighted by molar-refractivity contribution is 5.74. The highest BCUT2D eigenvalue weighted by Gasteiger charge is 2.20. The van der Waals surface area contributed by atoms with Crippen molar-refractivity contribution in [1.82, 2.24) is 4.57 Å². The summed E-state index contributed by atoms with van der Waals surface area (Å²) in [6, 6.07) is 7.21. The topological polar surface area (TPSA) is 66.8 Å². The molecule has 0 saturated carbocycles. The molecular weight excluding hydrogens is 314 g/mol. The first-order chi connectivity index (χ1) is 12.0. The van der Waals surface area contributed by atoms with Crippen LogP contribution in [-0.4, -0.2) is 17.7 Å². The predicted molar refractivity (Wildman–Crippen MR) is 101 cm³/mol. The van der Waals surface area contributed by atoms with E-state index in [0.717, 1.165) is 38.0 Å². The molecule has 0 bridgehead atoms. The highest BCUT2D eigenvalue weighted by Crippen LogP contribution is 2.23. The van der Waals surface area contributed by atoms with E-state index >= 15 is 0 Å². The van der Waals surface area contributed by atoms with Crippen molar-refractivity contribution in [3.8, 4) is 5.75 Å². The van der Waals surface area contributed by atoms with Gasteiger partial charge in [-0.1, -0.05) is 18.0 Å². The van der Waals surface area contributed by atoms with Crippen molar-refractivity contribution in [2.75, 3.05) is 13.2 Å². The molecule has 25 heavy (non-hydrogen) atoms. The molecule has 0 fully saturated rings. The summed E-state index contributed by atoms with van der Waals surface area (Å²) >= 11 is 0. The van der Waals surface area contributed by atoms with Crippen LogP contribution in [0.4, 0.5) is 0 Å². The summed E-state index contributed by atoms with van der Waals surface area (Å²) in [7, 11) is 0. The van der Waals surface area contributed by atoms with E-state index in [1.165, 1.54) is 11.0 Å². The van der Waals surface area contributed by atoms with E-state index in [1.807, 2.05) is 0 Å². The third kappa shape index (κ3) is 5.13. The molecule has 0 spiro atoms. The molecule has 2 rings (SSSR count). The molecule has 0 unspecified atom stereocenters. The number of rotatable bonds is 10. The molecule has 136 valence electrons. The molecule has 0 atom stereocenters. The van der Waals surface area contributed by atoms with Gasteiger partial charge in [0, 0.05) is 17.5 Å². The normalized spacial score (nSPS) is 11.3. The van der Waals surface area contributed by atoms with Gasteiger partial charge in [-0.3, -0.25) is 0 Å². The van der Waals surface area contributed by atoms with Gasteiger partial charge in [-0.25, -0.2) is 9.13 Å². The van der Waals surface area contributed by atoms with E-state index < -0.39 is 0 Å². The Morgan fingerprint density at radius 3 is 2.60 bits per heavy atom. The van der Waals surface area contributed by atoms with Crippen molar-refractivity contribution in [3.05, 3.63) is 35.0 Å². The number of aromatic nitrogens is 2.